The summed E-state index contributed by atoms with van der Waals surface area (Å²) in [7, 11) is 0. The molecular formula is C13H11BrCl2N2O. The zero-order chi connectivity index (χ0) is 14.2. The lowest BCUT2D eigenvalue weighted by Crippen LogP contribution is -2.14. The van der Waals surface area contributed by atoms with Crippen LogP contribution in [0.1, 0.15) is 35.9 Å². The first-order valence-electron chi connectivity index (χ1n) is 5.65. The molecular weight excluding hydrogens is 351 g/mol. The van der Waals surface area contributed by atoms with Crippen LogP contribution in [-0.2, 0) is 0 Å². The molecule has 1 aromatic carbocycles. The van der Waals surface area contributed by atoms with Crippen molar-refractivity contribution >= 4 is 44.9 Å². The Kier molecular flexibility index (Phi) is 4.33. The first-order valence-corrected chi connectivity index (χ1v) is 7.20. The standard InChI is InChI=1S/C13H11BrCl2N2O/c1-7(2)18-12(10(15)6-17-18)13(19)8-4-3-5-9(14)11(8)16/h3-7H,1-2H3. The maximum Gasteiger partial charge on any atom is 0.214 e. The maximum absolute atomic E-state index is 12.6. The number of rotatable bonds is 3. The van der Waals surface area contributed by atoms with Crippen LogP contribution in [0.25, 0.3) is 0 Å². The minimum Gasteiger partial charge on any atom is -0.287 e. The first kappa shape index (κ1) is 14.6. The van der Waals surface area contributed by atoms with Gasteiger partial charge in [-0.1, -0.05) is 29.3 Å². The van der Waals surface area contributed by atoms with Crippen molar-refractivity contribution in [2.45, 2.75) is 19.9 Å². The molecule has 1 aromatic heterocycles. The lowest BCUT2D eigenvalue weighted by Gasteiger charge is -2.11. The molecule has 0 N–H and O–H groups in total. The molecule has 0 unspecified atom stereocenters. The Morgan fingerprint density at radius 3 is 2.68 bits per heavy atom. The molecule has 0 amide bonds. The molecule has 6 heteroatoms. The molecule has 0 radical (unpaired) electrons. The zero-order valence-corrected chi connectivity index (χ0v) is 13.4. The number of aromatic nitrogens is 2. The molecule has 0 aliphatic carbocycles. The van der Waals surface area contributed by atoms with Gasteiger partial charge in [-0.25, -0.2) is 0 Å². The van der Waals surface area contributed by atoms with Crippen LogP contribution in [-0.4, -0.2) is 15.6 Å². The maximum atomic E-state index is 12.6. The van der Waals surface area contributed by atoms with Crippen molar-refractivity contribution in [2.24, 2.45) is 0 Å². The molecule has 3 nitrogen and oxygen atoms in total. The summed E-state index contributed by atoms with van der Waals surface area (Å²) in [4.78, 5) is 12.6. The molecule has 2 aromatic rings. The number of hydrogen-bond acceptors (Lipinski definition) is 2. The smallest absolute Gasteiger partial charge is 0.214 e. The van der Waals surface area contributed by atoms with E-state index in [1.165, 1.54) is 6.20 Å². The van der Waals surface area contributed by atoms with Gasteiger partial charge < -0.3 is 0 Å². The van der Waals surface area contributed by atoms with Gasteiger partial charge in [0.05, 0.1) is 16.2 Å². The SMILES string of the molecule is CC(C)n1ncc(Cl)c1C(=O)c1cccc(Br)c1Cl. The van der Waals surface area contributed by atoms with E-state index < -0.39 is 0 Å². The van der Waals surface area contributed by atoms with Gasteiger partial charge in [-0.3, -0.25) is 9.48 Å². The van der Waals surface area contributed by atoms with Crippen LogP contribution in [0, 0.1) is 0 Å². The highest BCUT2D eigenvalue weighted by Gasteiger charge is 2.23. The van der Waals surface area contributed by atoms with Gasteiger partial charge in [-0.2, -0.15) is 5.10 Å². The second-order valence-electron chi connectivity index (χ2n) is 4.31. The Morgan fingerprint density at radius 2 is 2.05 bits per heavy atom. The van der Waals surface area contributed by atoms with Crippen molar-refractivity contribution in [2.75, 3.05) is 0 Å². The van der Waals surface area contributed by atoms with E-state index in [1.54, 1.807) is 22.9 Å². The summed E-state index contributed by atoms with van der Waals surface area (Å²) in [5.74, 6) is -0.234. The topological polar surface area (TPSA) is 34.9 Å². The molecule has 0 atom stereocenters. The van der Waals surface area contributed by atoms with Crippen molar-refractivity contribution < 1.29 is 4.79 Å². The molecule has 0 aliphatic rings. The molecule has 0 fully saturated rings. The largest absolute Gasteiger partial charge is 0.287 e. The Balaban J connectivity index is 2.56. The zero-order valence-electron chi connectivity index (χ0n) is 10.3. The second-order valence-corrected chi connectivity index (χ2v) is 5.95. The van der Waals surface area contributed by atoms with Gasteiger partial charge in [0.25, 0.3) is 0 Å². The fourth-order valence-corrected chi connectivity index (χ4v) is 2.55. The summed E-state index contributed by atoms with van der Waals surface area (Å²) < 4.78 is 2.27. The lowest BCUT2D eigenvalue weighted by atomic mass is 10.1. The van der Waals surface area contributed by atoms with E-state index in [9.17, 15) is 4.79 Å². The van der Waals surface area contributed by atoms with Gasteiger partial charge in [0.15, 0.2) is 0 Å². The van der Waals surface area contributed by atoms with E-state index in [0.717, 1.165) is 0 Å². The Bertz CT molecular complexity index is 638. The summed E-state index contributed by atoms with van der Waals surface area (Å²) in [5, 5.41) is 4.83. The summed E-state index contributed by atoms with van der Waals surface area (Å²) in [5.41, 5.74) is 0.761. The van der Waals surface area contributed by atoms with Crippen molar-refractivity contribution in [3.8, 4) is 0 Å². The van der Waals surface area contributed by atoms with Crippen LogP contribution >= 0.6 is 39.1 Å². The highest BCUT2D eigenvalue weighted by atomic mass is 79.9. The van der Waals surface area contributed by atoms with Crippen LogP contribution in [0.15, 0.2) is 28.9 Å². The predicted octanol–water partition coefficient (Wildman–Crippen LogP) is 4.76. The molecule has 19 heavy (non-hydrogen) atoms. The van der Waals surface area contributed by atoms with E-state index in [0.29, 0.717) is 25.8 Å². The van der Waals surface area contributed by atoms with Gasteiger partial charge in [0.1, 0.15) is 5.69 Å². The van der Waals surface area contributed by atoms with Crippen LogP contribution in [0.4, 0.5) is 0 Å². The van der Waals surface area contributed by atoms with E-state index in [2.05, 4.69) is 21.0 Å². The Hall–Kier alpha value is -0.840. The summed E-state index contributed by atoms with van der Waals surface area (Å²) in [6.45, 7) is 3.87. The molecule has 1 heterocycles. The Labute approximate surface area is 129 Å². The molecule has 0 aliphatic heterocycles. The molecule has 0 spiro atoms. The van der Waals surface area contributed by atoms with Gasteiger partial charge >= 0.3 is 0 Å². The van der Waals surface area contributed by atoms with E-state index in [-0.39, 0.29) is 11.8 Å². The number of benzene rings is 1. The monoisotopic (exact) mass is 360 g/mol. The van der Waals surface area contributed by atoms with Crippen LogP contribution in [0.3, 0.4) is 0 Å². The highest BCUT2D eigenvalue weighted by molar-refractivity contribution is 9.10. The quantitative estimate of drug-likeness (QED) is 0.738. The van der Waals surface area contributed by atoms with Crippen molar-refractivity contribution in [3.05, 3.63) is 50.2 Å². The van der Waals surface area contributed by atoms with E-state index in [4.69, 9.17) is 23.2 Å². The number of nitrogens with zero attached hydrogens (tertiary/aromatic N) is 2. The fourth-order valence-electron chi connectivity index (χ4n) is 1.75. The third-order valence-corrected chi connectivity index (χ3v) is 4.22. The summed E-state index contributed by atoms with van der Waals surface area (Å²) in [6.07, 6.45) is 1.47. The summed E-state index contributed by atoms with van der Waals surface area (Å²) >= 11 is 15.5. The lowest BCUT2D eigenvalue weighted by molar-refractivity contribution is 0.102. The van der Waals surface area contributed by atoms with Gasteiger partial charge in [0.2, 0.25) is 5.78 Å². The number of halogens is 3. The third-order valence-electron chi connectivity index (χ3n) is 2.65. The van der Waals surface area contributed by atoms with Crippen LogP contribution in [0.5, 0.6) is 0 Å². The van der Waals surface area contributed by atoms with Crippen molar-refractivity contribution in [3.63, 3.8) is 0 Å². The van der Waals surface area contributed by atoms with E-state index in [1.807, 2.05) is 13.8 Å². The highest BCUT2D eigenvalue weighted by Crippen LogP contribution is 2.30. The fraction of sp³-hybridized carbons (Fsp3) is 0.231. The molecule has 100 valence electrons. The van der Waals surface area contributed by atoms with Gasteiger partial charge in [-0.05, 0) is 41.9 Å². The van der Waals surface area contributed by atoms with Gasteiger partial charge in [-0.15, -0.1) is 0 Å². The van der Waals surface area contributed by atoms with E-state index >= 15 is 0 Å². The van der Waals surface area contributed by atoms with Crippen LogP contribution in [0.2, 0.25) is 10.0 Å². The van der Waals surface area contributed by atoms with Gasteiger partial charge in [0, 0.05) is 16.1 Å². The second kappa shape index (κ2) is 5.65. The van der Waals surface area contributed by atoms with Crippen molar-refractivity contribution in [1.29, 1.82) is 0 Å². The average molecular weight is 362 g/mol. The molecule has 0 saturated heterocycles. The molecule has 0 saturated carbocycles. The average Bonchev–Trinajstić information content (AvgIpc) is 2.74. The predicted molar refractivity (Wildman–Crippen MR) is 80.2 cm³/mol. The van der Waals surface area contributed by atoms with Crippen molar-refractivity contribution in [1.82, 2.24) is 9.78 Å². The number of hydrogen-bond donors (Lipinski definition) is 0. The molecule has 2 rings (SSSR count). The van der Waals surface area contributed by atoms with Crippen LogP contribution < -0.4 is 0 Å². The number of ketones is 1. The first-order chi connectivity index (χ1) is 8.93. The normalized spacial score (nSPS) is 11.1. The number of carbonyl (C=O) groups excluding carboxylic acids is 1. The summed E-state index contributed by atoms with van der Waals surface area (Å²) in [6, 6.07) is 5.24. The number of carbonyl (C=O) groups is 1. The minimum absolute atomic E-state index is 0.0392. The Morgan fingerprint density at radius 1 is 1.37 bits per heavy atom. The molecule has 0 bridgehead atoms. The minimum atomic E-state index is -0.234. The third kappa shape index (κ3) is 2.71.